The molecule has 136 valence electrons. The number of anilines is 1. The zero-order valence-corrected chi connectivity index (χ0v) is 15.0. The number of rotatable bonds is 2. The van der Waals surface area contributed by atoms with Gasteiger partial charge in [-0.3, -0.25) is 9.59 Å². The molecule has 5 nitrogen and oxygen atoms in total. The molecule has 0 saturated carbocycles. The van der Waals surface area contributed by atoms with Crippen molar-refractivity contribution in [2.24, 2.45) is 11.8 Å². The Morgan fingerprint density at radius 1 is 1.23 bits per heavy atom. The SMILES string of the molecule is O=C([C@@H]1[C@@H]2C=C[C@@]3(CN(c4ccc(F)cc4)C(=O)[C@H]13)O2)N1CCSCC1. The molecule has 26 heavy (non-hydrogen) atoms. The molecule has 4 aliphatic heterocycles. The number of benzene rings is 1. The standard InChI is InChI=1S/C19H19FN2O3S/c20-12-1-3-13(4-2-12)22-11-19-6-5-14(25-19)15(16(19)18(22)24)17(23)21-7-9-26-10-8-21/h1-6,14-16H,7-11H2/t14-,15+,16-,19-/m0/s1. The lowest BCUT2D eigenvalue weighted by atomic mass is 9.76. The van der Waals surface area contributed by atoms with Crippen LogP contribution >= 0.6 is 11.8 Å². The van der Waals surface area contributed by atoms with Gasteiger partial charge in [-0.1, -0.05) is 12.2 Å². The number of halogens is 1. The molecule has 3 fully saturated rings. The Morgan fingerprint density at radius 3 is 2.69 bits per heavy atom. The van der Waals surface area contributed by atoms with E-state index in [1.54, 1.807) is 17.0 Å². The molecule has 1 aromatic rings. The van der Waals surface area contributed by atoms with Gasteiger partial charge in [0, 0.05) is 30.3 Å². The minimum absolute atomic E-state index is 0.0285. The summed E-state index contributed by atoms with van der Waals surface area (Å²) in [6, 6.07) is 5.88. The van der Waals surface area contributed by atoms with Crippen LogP contribution in [0.5, 0.6) is 0 Å². The van der Waals surface area contributed by atoms with E-state index in [0.717, 1.165) is 24.6 Å². The predicted octanol–water partition coefficient (Wildman–Crippen LogP) is 1.69. The van der Waals surface area contributed by atoms with Crippen LogP contribution in [0.2, 0.25) is 0 Å². The van der Waals surface area contributed by atoms with Gasteiger partial charge in [0.25, 0.3) is 0 Å². The molecular weight excluding hydrogens is 355 g/mol. The van der Waals surface area contributed by atoms with Gasteiger partial charge in [0.1, 0.15) is 11.4 Å². The van der Waals surface area contributed by atoms with Crippen LogP contribution in [0.1, 0.15) is 0 Å². The zero-order valence-electron chi connectivity index (χ0n) is 14.1. The first-order chi connectivity index (χ1) is 12.6. The van der Waals surface area contributed by atoms with Gasteiger partial charge in [-0.15, -0.1) is 0 Å². The summed E-state index contributed by atoms with van der Waals surface area (Å²) in [5.74, 6) is 0.503. The first-order valence-electron chi connectivity index (χ1n) is 8.90. The smallest absolute Gasteiger partial charge is 0.234 e. The maximum Gasteiger partial charge on any atom is 0.234 e. The first kappa shape index (κ1) is 16.3. The lowest BCUT2D eigenvalue weighted by Gasteiger charge is -2.32. The third-order valence-corrected chi connectivity index (χ3v) is 6.79. The average Bonchev–Trinajstić information content (AvgIpc) is 3.31. The van der Waals surface area contributed by atoms with Crippen molar-refractivity contribution in [3.05, 3.63) is 42.2 Å². The highest BCUT2D eigenvalue weighted by Gasteiger charge is 2.67. The van der Waals surface area contributed by atoms with Crippen molar-refractivity contribution in [3.8, 4) is 0 Å². The minimum Gasteiger partial charge on any atom is -0.360 e. The summed E-state index contributed by atoms with van der Waals surface area (Å²) < 4.78 is 19.4. The molecule has 3 saturated heterocycles. The van der Waals surface area contributed by atoms with E-state index < -0.39 is 17.4 Å². The van der Waals surface area contributed by atoms with Crippen molar-refractivity contribution < 1.29 is 18.7 Å². The summed E-state index contributed by atoms with van der Waals surface area (Å²) in [6.07, 6.45) is 3.56. The molecule has 4 aliphatic rings. The number of hydrogen-bond donors (Lipinski definition) is 0. The molecule has 2 amide bonds. The zero-order chi connectivity index (χ0) is 17.9. The van der Waals surface area contributed by atoms with Crippen LogP contribution in [-0.2, 0) is 14.3 Å². The van der Waals surface area contributed by atoms with Crippen LogP contribution in [-0.4, -0.2) is 59.6 Å². The van der Waals surface area contributed by atoms with E-state index in [4.69, 9.17) is 4.74 Å². The van der Waals surface area contributed by atoms with Crippen molar-refractivity contribution in [2.45, 2.75) is 11.7 Å². The number of fused-ring (bicyclic) bond motifs is 1. The maximum absolute atomic E-state index is 13.2. The summed E-state index contributed by atoms with van der Waals surface area (Å²) in [5.41, 5.74) is -0.0951. The van der Waals surface area contributed by atoms with E-state index >= 15 is 0 Å². The van der Waals surface area contributed by atoms with E-state index in [-0.39, 0.29) is 23.7 Å². The highest BCUT2D eigenvalue weighted by molar-refractivity contribution is 7.99. The highest BCUT2D eigenvalue weighted by atomic mass is 32.2. The minimum atomic E-state index is -0.735. The second-order valence-electron chi connectivity index (χ2n) is 7.24. The summed E-state index contributed by atoms with van der Waals surface area (Å²) in [5, 5.41) is 0. The molecule has 1 aromatic carbocycles. The number of thioether (sulfide) groups is 1. The Balaban J connectivity index is 1.46. The van der Waals surface area contributed by atoms with Crippen LogP contribution in [0.15, 0.2) is 36.4 Å². The number of carbonyl (C=O) groups excluding carboxylic acids is 2. The summed E-state index contributed by atoms with van der Waals surface area (Å²) in [6.45, 7) is 1.83. The predicted molar refractivity (Wildman–Crippen MR) is 96.4 cm³/mol. The molecule has 1 spiro atoms. The molecule has 0 aliphatic carbocycles. The molecule has 0 unspecified atom stereocenters. The van der Waals surface area contributed by atoms with Crippen molar-refractivity contribution >= 4 is 29.3 Å². The van der Waals surface area contributed by atoms with Gasteiger partial charge < -0.3 is 14.5 Å². The number of ether oxygens (including phenoxy) is 1. The van der Waals surface area contributed by atoms with Gasteiger partial charge >= 0.3 is 0 Å². The fourth-order valence-corrected chi connectivity index (χ4v) is 5.52. The van der Waals surface area contributed by atoms with E-state index in [9.17, 15) is 14.0 Å². The van der Waals surface area contributed by atoms with E-state index in [1.165, 1.54) is 12.1 Å². The van der Waals surface area contributed by atoms with Gasteiger partial charge in [-0.05, 0) is 24.3 Å². The quantitative estimate of drug-likeness (QED) is 0.740. The van der Waals surface area contributed by atoms with Crippen LogP contribution in [0.3, 0.4) is 0 Å². The Hall–Kier alpha value is -1.86. The fraction of sp³-hybridized carbons (Fsp3) is 0.474. The number of carbonyl (C=O) groups is 2. The summed E-state index contributed by atoms with van der Waals surface area (Å²) in [7, 11) is 0. The normalized spacial score (nSPS) is 35.3. The van der Waals surface area contributed by atoms with Crippen molar-refractivity contribution in [2.75, 3.05) is 36.0 Å². The second-order valence-corrected chi connectivity index (χ2v) is 8.46. The lowest BCUT2D eigenvalue weighted by Crippen LogP contribution is -2.48. The average molecular weight is 374 g/mol. The summed E-state index contributed by atoms with van der Waals surface area (Å²) >= 11 is 1.85. The molecule has 5 rings (SSSR count). The van der Waals surface area contributed by atoms with E-state index in [2.05, 4.69) is 0 Å². The molecule has 4 atom stereocenters. The molecule has 0 radical (unpaired) electrons. The number of hydrogen-bond acceptors (Lipinski definition) is 4. The van der Waals surface area contributed by atoms with Gasteiger partial charge in [-0.2, -0.15) is 11.8 Å². The Bertz CT molecular complexity index is 792. The fourth-order valence-electron chi connectivity index (χ4n) is 4.61. The second kappa shape index (κ2) is 5.82. The molecule has 4 heterocycles. The maximum atomic E-state index is 13.2. The van der Waals surface area contributed by atoms with Crippen molar-refractivity contribution in [3.63, 3.8) is 0 Å². The van der Waals surface area contributed by atoms with Gasteiger partial charge in [0.05, 0.1) is 24.5 Å². The van der Waals surface area contributed by atoms with E-state index in [0.29, 0.717) is 12.2 Å². The monoisotopic (exact) mass is 374 g/mol. The third kappa shape index (κ3) is 2.26. The van der Waals surface area contributed by atoms with E-state index in [1.807, 2.05) is 28.8 Å². The van der Waals surface area contributed by atoms with Gasteiger partial charge in [0.2, 0.25) is 11.8 Å². The molecule has 7 heteroatoms. The largest absolute Gasteiger partial charge is 0.360 e. The van der Waals surface area contributed by atoms with Crippen molar-refractivity contribution in [1.82, 2.24) is 4.90 Å². The summed E-state index contributed by atoms with van der Waals surface area (Å²) in [4.78, 5) is 29.8. The Morgan fingerprint density at radius 2 is 1.96 bits per heavy atom. The van der Waals surface area contributed by atoms with Crippen LogP contribution in [0.4, 0.5) is 10.1 Å². The topological polar surface area (TPSA) is 49.9 Å². The molecular formula is C19H19FN2O3S. The molecule has 2 bridgehead atoms. The van der Waals surface area contributed by atoms with Gasteiger partial charge in [0.15, 0.2) is 0 Å². The molecule has 0 N–H and O–H groups in total. The van der Waals surface area contributed by atoms with Crippen LogP contribution in [0, 0.1) is 17.7 Å². The van der Waals surface area contributed by atoms with Crippen LogP contribution < -0.4 is 4.90 Å². The number of amides is 2. The third-order valence-electron chi connectivity index (χ3n) is 5.85. The number of nitrogens with zero attached hydrogens (tertiary/aromatic N) is 2. The van der Waals surface area contributed by atoms with Crippen LogP contribution in [0.25, 0.3) is 0 Å². The Kier molecular flexibility index (Phi) is 3.66. The van der Waals surface area contributed by atoms with Gasteiger partial charge in [-0.25, -0.2) is 4.39 Å². The lowest BCUT2D eigenvalue weighted by molar-refractivity contribution is -0.140. The first-order valence-corrected chi connectivity index (χ1v) is 10.1. The Labute approximate surface area is 155 Å². The molecule has 0 aromatic heterocycles. The highest BCUT2D eigenvalue weighted by Crippen LogP contribution is 2.53. The van der Waals surface area contributed by atoms with Crippen molar-refractivity contribution in [1.29, 1.82) is 0 Å².